The molecule has 0 aliphatic heterocycles. The quantitative estimate of drug-likeness (QED) is 0.696. The molecule has 1 atom stereocenters. The number of nitrogens with one attached hydrogen (secondary N) is 1. The van der Waals surface area contributed by atoms with Gasteiger partial charge in [0.1, 0.15) is 9.88 Å². The lowest BCUT2D eigenvalue weighted by Crippen LogP contribution is -2.29. The van der Waals surface area contributed by atoms with Crippen LogP contribution in [-0.4, -0.2) is 28.5 Å². The molecule has 1 amide bonds. The van der Waals surface area contributed by atoms with Crippen LogP contribution in [0.3, 0.4) is 0 Å². The highest BCUT2D eigenvalue weighted by atomic mass is 32.1. The lowest BCUT2D eigenvalue weighted by molar-refractivity contribution is -0.124. The zero-order valence-corrected chi connectivity index (χ0v) is 11.9. The van der Waals surface area contributed by atoms with Crippen molar-refractivity contribution in [2.45, 2.75) is 33.2 Å². The molecule has 1 aromatic heterocycles. The predicted molar refractivity (Wildman–Crippen MR) is 73.1 cm³/mol. The topological polar surface area (TPSA) is 105 Å². The van der Waals surface area contributed by atoms with E-state index in [1.54, 1.807) is 6.92 Å². The average molecular weight is 285 g/mol. The second kappa shape index (κ2) is 7.20. The highest BCUT2D eigenvalue weighted by Crippen LogP contribution is 2.18. The van der Waals surface area contributed by atoms with Gasteiger partial charge >= 0.3 is 5.97 Å². The summed E-state index contributed by atoms with van der Waals surface area (Å²) in [6, 6.07) is 0. The summed E-state index contributed by atoms with van der Waals surface area (Å²) in [6.45, 7) is 4.34. The van der Waals surface area contributed by atoms with Gasteiger partial charge in [-0.3, -0.25) is 4.79 Å². The van der Waals surface area contributed by atoms with Crippen molar-refractivity contribution in [1.82, 2.24) is 10.3 Å². The predicted octanol–water partition coefficient (Wildman–Crippen LogP) is 1.14. The van der Waals surface area contributed by atoms with E-state index in [2.05, 4.69) is 10.3 Å². The molecule has 6 nitrogen and oxygen atoms in total. The van der Waals surface area contributed by atoms with Crippen LogP contribution in [0, 0.1) is 12.8 Å². The van der Waals surface area contributed by atoms with Crippen LogP contribution in [0.1, 0.15) is 40.1 Å². The minimum Gasteiger partial charge on any atom is -0.477 e. The van der Waals surface area contributed by atoms with Crippen LogP contribution in [0.4, 0.5) is 0 Å². The number of hydrogen-bond donors (Lipinski definition) is 3. The molecule has 0 aliphatic carbocycles. The third kappa shape index (κ3) is 4.60. The van der Waals surface area contributed by atoms with E-state index in [1.807, 2.05) is 6.92 Å². The van der Waals surface area contributed by atoms with Crippen molar-refractivity contribution in [3.05, 3.63) is 15.6 Å². The molecule has 1 aromatic rings. The maximum atomic E-state index is 11.8. The van der Waals surface area contributed by atoms with Crippen molar-refractivity contribution < 1.29 is 14.7 Å². The summed E-state index contributed by atoms with van der Waals surface area (Å²) in [5, 5.41) is 12.3. The van der Waals surface area contributed by atoms with Gasteiger partial charge in [-0.1, -0.05) is 6.92 Å². The summed E-state index contributed by atoms with van der Waals surface area (Å²) in [6.07, 6.45) is 1.56. The van der Waals surface area contributed by atoms with E-state index in [0.29, 0.717) is 17.2 Å². The molecule has 19 heavy (non-hydrogen) atoms. The number of nitrogens with zero attached hydrogens (tertiary/aromatic N) is 1. The van der Waals surface area contributed by atoms with E-state index in [9.17, 15) is 9.59 Å². The number of carbonyl (C=O) groups excluding carboxylic acids is 1. The molecule has 1 unspecified atom stereocenters. The average Bonchev–Trinajstić information content (AvgIpc) is 2.74. The Balaban J connectivity index is 2.50. The Bertz CT molecular complexity index is 459. The number of aromatic carboxylic acids is 1. The fourth-order valence-corrected chi connectivity index (χ4v) is 2.46. The van der Waals surface area contributed by atoms with Gasteiger partial charge in [0.25, 0.3) is 0 Å². The van der Waals surface area contributed by atoms with E-state index >= 15 is 0 Å². The molecule has 1 heterocycles. The molecular weight excluding hydrogens is 266 g/mol. The fraction of sp³-hybridized carbons (Fsp3) is 0.583. The Kier molecular flexibility index (Phi) is 5.91. The second-order valence-electron chi connectivity index (χ2n) is 4.38. The lowest BCUT2D eigenvalue weighted by Gasteiger charge is -2.10. The van der Waals surface area contributed by atoms with Gasteiger partial charge in [0.15, 0.2) is 0 Å². The second-order valence-corrected chi connectivity index (χ2v) is 5.46. The molecule has 0 saturated carbocycles. The van der Waals surface area contributed by atoms with E-state index in [0.717, 1.165) is 24.2 Å². The molecule has 0 spiro atoms. The first-order valence-electron chi connectivity index (χ1n) is 6.13. The van der Waals surface area contributed by atoms with E-state index < -0.39 is 5.97 Å². The maximum Gasteiger partial charge on any atom is 0.347 e. The number of aryl methyl sites for hydroxylation is 1. The van der Waals surface area contributed by atoms with Crippen LogP contribution in [0.2, 0.25) is 0 Å². The molecule has 0 aliphatic rings. The summed E-state index contributed by atoms with van der Waals surface area (Å²) >= 11 is 1.09. The lowest BCUT2D eigenvalue weighted by atomic mass is 10.1. The number of rotatable bonds is 7. The number of carboxylic acids is 1. The first-order valence-corrected chi connectivity index (χ1v) is 6.94. The highest BCUT2D eigenvalue weighted by molar-refractivity contribution is 7.13. The van der Waals surface area contributed by atoms with Gasteiger partial charge in [-0.2, -0.15) is 0 Å². The number of thiazole rings is 1. The van der Waals surface area contributed by atoms with E-state index in [-0.39, 0.29) is 23.2 Å². The summed E-state index contributed by atoms with van der Waals surface area (Å²) in [5.74, 6) is -1.13. The van der Waals surface area contributed by atoms with Gasteiger partial charge in [0.05, 0.1) is 12.2 Å². The Morgan fingerprint density at radius 2 is 2.21 bits per heavy atom. The van der Waals surface area contributed by atoms with Crippen molar-refractivity contribution >= 4 is 23.2 Å². The third-order valence-electron chi connectivity index (χ3n) is 2.74. The molecule has 0 bridgehead atoms. The molecule has 106 valence electrons. The minimum atomic E-state index is -0.983. The normalized spacial score (nSPS) is 12.2. The Labute approximate surface area is 116 Å². The summed E-state index contributed by atoms with van der Waals surface area (Å²) in [7, 11) is 0. The smallest absolute Gasteiger partial charge is 0.347 e. The highest BCUT2D eigenvalue weighted by Gasteiger charge is 2.16. The van der Waals surface area contributed by atoms with Gasteiger partial charge < -0.3 is 16.2 Å². The van der Waals surface area contributed by atoms with Gasteiger partial charge in [-0.15, -0.1) is 11.3 Å². The van der Waals surface area contributed by atoms with Crippen LogP contribution in [0.25, 0.3) is 0 Å². The number of nitrogens with two attached hydrogens (primary N) is 1. The summed E-state index contributed by atoms with van der Waals surface area (Å²) < 4.78 is 0. The molecule has 7 heteroatoms. The summed E-state index contributed by atoms with van der Waals surface area (Å²) in [5.41, 5.74) is 5.88. The zero-order valence-electron chi connectivity index (χ0n) is 11.1. The number of carboxylic acid groups (broad SMARTS) is 1. The molecule has 1 rings (SSSR count). The monoisotopic (exact) mass is 285 g/mol. The van der Waals surface area contributed by atoms with Gasteiger partial charge in [-0.25, -0.2) is 9.78 Å². The zero-order chi connectivity index (χ0) is 14.4. The minimum absolute atomic E-state index is 0.0572. The van der Waals surface area contributed by atoms with Gasteiger partial charge in [-0.05, 0) is 26.3 Å². The Morgan fingerprint density at radius 1 is 1.53 bits per heavy atom. The van der Waals surface area contributed by atoms with E-state index in [4.69, 9.17) is 10.8 Å². The Hall–Kier alpha value is -1.47. The number of hydrogen-bond acceptors (Lipinski definition) is 5. The molecule has 0 radical (unpaired) electrons. The van der Waals surface area contributed by atoms with Crippen LogP contribution < -0.4 is 11.1 Å². The van der Waals surface area contributed by atoms with Gasteiger partial charge in [0, 0.05) is 5.92 Å². The first kappa shape index (κ1) is 15.6. The first-order chi connectivity index (χ1) is 8.95. The molecule has 4 N–H and O–H groups in total. The van der Waals surface area contributed by atoms with Crippen molar-refractivity contribution in [2.75, 3.05) is 6.54 Å². The number of aromatic nitrogens is 1. The molecule has 0 aromatic carbocycles. The van der Waals surface area contributed by atoms with Crippen LogP contribution >= 0.6 is 11.3 Å². The van der Waals surface area contributed by atoms with Gasteiger partial charge in [0.2, 0.25) is 5.91 Å². The van der Waals surface area contributed by atoms with Crippen LogP contribution in [0.5, 0.6) is 0 Å². The number of carbonyl (C=O) groups is 2. The Morgan fingerprint density at radius 3 is 2.74 bits per heavy atom. The van der Waals surface area contributed by atoms with Crippen molar-refractivity contribution in [2.24, 2.45) is 11.7 Å². The SMILES string of the molecule is Cc1nc(CNC(=O)C(C)CCCN)sc1C(=O)O. The third-order valence-corrected chi connectivity index (χ3v) is 3.88. The number of amides is 1. The summed E-state index contributed by atoms with van der Waals surface area (Å²) in [4.78, 5) is 27.0. The van der Waals surface area contributed by atoms with Crippen LogP contribution in [0.15, 0.2) is 0 Å². The molecular formula is C12H19N3O3S. The molecule has 0 saturated heterocycles. The largest absolute Gasteiger partial charge is 0.477 e. The maximum absolute atomic E-state index is 11.8. The van der Waals surface area contributed by atoms with Crippen LogP contribution in [-0.2, 0) is 11.3 Å². The standard InChI is InChI=1S/C12H19N3O3S/c1-7(4-3-5-13)11(16)14-6-9-15-8(2)10(19-9)12(17)18/h7H,3-6,13H2,1-2H3,(H,14,16)(H,17,18). The fourth-order valence-electron chi connectivity index (χ4n) is 1.62. The van der Waals surface area contributed by atoms with E-state index in [1.165, 1.54) is 0 Å². The molecule has 0 fully saturated rings. The van der Waals surface area contributed by atoms with Crippen molar-refractivity contribution in [1.29, 1.82) is 0 Å². The van der Waals surface area contributed by atoms with Crippen molar-refractivity contribution in [3.63, 3.8) is 0 Å². The van der Waals surface area contributed by atoms with Crippen molar-refractivity contribution in [3.8, 4) is 0 Å².